The lowest BCUT2D eigenvalue weighted by Crippen LogP contribution is -2.15. The van der Waals surface area contributed by atoms with Gasteiger partial charge in [0.2, 0.25) is 6.41 Å². The van der Waals surface area contributed by atoms with Gasteiger partial charge in [0.1, 0.15) is 0 Å². The molecule has 1 aromatic rings. The molecule has 0 aliphatic carbocycles. The van der Waals surface area contributed by atoms with Crippen LogP contribution in [0.4, 0.5) is 0 Å². The summed E-state index contributed by atoms with van der Waals surface area (Å²) in [5, 5.41) is 1.96. The predicted octanol–water partition coefficient (Wildman–Crippen LogP) is 2.36. The van der Waals surface area contributed by atoms with E-state index in [2.05, 4.69) is 12.1 Å². The predicted molar refractivity (Wildman–Crippen MR) is 58.5 cm³/mol. The molecule has 1 aliphatic heterocycles. The molecule has 0 aromatic heterocycles. The normalized spacial score (nSPS) is 17.9. The molecule has 0 saturated heterocycles. The van der Waals surface area contributed by atoms with Crippen LogP contribution in [0.1, 0.15) is 11.1 Å². The fourth-order valence-corrected chi connectivity index (χ4v) is 2.23. The molecule has 0 N–H and O–H groups in total. The lowest BCUT2D eigenvalue weighted by Gasteiger charge is -2.17. The fraction of sp³-hybridized carbons (Fsp3) is 0.182. The topological polar surface area (TPSA) is 20.3 Å². The van der Waals surface area contributed by atoms with Gasteiger partial charge in [-0.2, -0.15) is 0 Å². The highest BCUT2D eigenvalue weighted by Crippen LogP contribution is 2.21. The molecule has 0 bridgehead atoms. The van der Waals surface area contributed by atoms with E-state index in [-0.39, 0.29) is 0 Å². The maximum Gasteiger partial charge on any atom is 0.213 e. The number of benzene rings is 1. The Morgan fingerprint density at radius 3 is 2.86 bits per heavy atom. The van der Waals surface area contributed by atoms with Gasteiger partial charge < -0.3 is 4.90 Å². The van der Waals surface area contributed by atoms with Crippen LogP contribution in [0.2, 0.25) is 0 Å². The number of amides is 1. The van der Waals surface area contributed by atoms with E-state index in [0.717, 1.165) is 12.2 Å². The van der Waals surface area contributed by atoms with Gasteiger partial charge in [-0.05, 0) is 16.5 Å². The average molecular weight is 205 g/mol. The quantitative estimate of drug-likeness (QED) is 0.656. The first-order valence-corrected chi connectivity index (χ1v) is 5.51. The number of hydrogen-bond acceptors (Lipinski definition) is 2. The Balaban J connectivity index is 2.30. The molecular formula is C11H11NOS. The van der Waals surface area contributed by atoms with E-state index in [9.17, 15) is 4.79 Å². The number of rotatable bonds is 1. The van der Waals surface area contributed by atoms with Crippen molar-refractivity contribution < 1.29 is 4.79 Å². The summed E-state index contributed by atoms with van der Waals surface area (Å²) in [5.41, 5.74) is 2.55. The molecule has 0 radical (unpaired) electrons. The van der Waals surface area contributed by atoms with Gasteiger partial charge in [-0.25, -0.2) is 0 Å². The molecule has 1 aliphatic rings. The van der Waals surface area contributed by atoms with Crippen molar-refractivity contribution in [3.05, 3.63) is 47.0 Å². The Morgan fingerprint density at radius 2 is 2.07 bits per heavy atom. The molecule has 1 aromatic carbocycles. The third-order valence-electron chi connectivity index (χ3n) is 2.19. The number of thioether (sulfide) groups is 1. The SMILES string of the molecule is O=CN1/C=C\SCc2ccccc2C1. The summed E-state index contributed by atoms with van der Waals surface area (Å²) in [6, 6.07) is 8.24. The van der Waals surface area contributed by atoms with Crippen molar-refractivity contribution in [3.63, 3.8) is 0 Å². The first kappa shape index (κ1) is 9.34. The first-order chi connectivity index (χ1) is 6.90. The summed E-state index contributed by atoms with van der Waals surface area (Å²) < 4.78 is 0. The zero-order valence-corrected chi connectivity index (χ0v) is 8.54. The highest BCUT2D eigenvalue weighted by Gasteiger charge is 2.07. The maximum atomic E-state index is 10.7. The molecule has 0 unspecified atom stereocenters. The fourth-order valence-electron chi connectivity index (χ4n) is 1.43. The van der Waals surface area contributed by atoms with Crippen molar-refractivity contribution >= 4 is 18.2 Å². The Labute approximate surface area is 87.6 Å². The minimum absolute atomic E-state index is 0.677. The highest BCUT2D eigenvalue weighted by molar-refractivity contribution is 8.01. The van der Waals surface area contributed by atoms with Gasteiger partial charge in [-0.15, -0.1) is 11.8 Å². The number of fused-ring (bicyclic) bond motifs is 1. The third kappa shape index (κ3) is 1.99. The molecule has 0 spiro atoms. The van der Waals surface area contributed by atoms with Gasteiger partial charge in [0, 0.05) is 12.0 Å². The lowest BCUT2D eigenvalue weighted by atomic mass is 10.1. The van der Waals surface area contributed by atoms with Gasteiger partial charge in [0.15, 0.2) is 0 Å². The molecule has 3 heteroatoms. The van der Waals surface area contributed by atoms with E-state index in [4.69, 9.17) is 0 Å². The van der Waals surface area contributed by atoms with Gasteiger partial charge in [-0.3, -0.25) is 4.79 Å². The van der Waals surface area contributed by atoms with Crippen molar-refractivity contribution in [1.82, 2.24) is 4.90 Å². The van der Waals surface area contributed by atoms with Gasteiger partial charge in [0.05, 0.1) is 6.54 Å². The van der Waals surface area contributed by atoms with Crippen molar-refractivity contribution in [3.8, 4) is 0 Å². The highest BCUT2D eigenvalue weighted by atomic mass is 32.2. The minimum atomic E-state index is 0.677. The first-order valence-electron chi connectivity index (χ1n) is 4.46. The van der Waals surface area contributed by atoms with E-state index >= 15 is 0 Å². The summed E-state index contributed by atoms with van der Waals surface area (Å²) in [6.07, 6.45) is 2.69. The second kappa shape index (κ2) is 4.33. The molecule has 0 fully saturated rings. The van der Waals surface area contributed by atoms with E-state index in [1.165, 1.54) is 11.1 Å². The standard InChI is InChI=1S/C11H11NOS/c13-9-12-5-6-14-8-11-4-2-1-3-10(11)7-12/h1-6,9H,7-8H2/b6-5-. The second-order valence-corrected chi connectivity index (χ2v) is 4.04. The van der Waals surface area contributed by atoms with Crippen molar-refractivity contribution in [2.75, 3.05) is 0 Å². The summed E-state index contributed by atoms with van der Waals surface area (Å²) in [4.78, 5) is 12.4. The van der Waals surface area contributed by atoms with Crippen LogP contribution >= 0.6 is 11.8 Å². The van der Waals surface area contributed by atoms with Crippen LogP contribution in [-0.2, 0) is 17.1 Å². The lowest BCUT2D eigenvalue weighted by molar-refractivity contribution is -0.116. The van der Waals surface area contributed by atoms with Crippen LogP contribution in [0.25, 0.3) is 0 Å². The summed E-state index contributed by atoms with van der Waals surface area (Å²) in [6.45, 7) is 0.677. The van der Waals surface area contributed by atoms with E-state index in [0.29, 0.717) is 6.54 Å². The zero-order valence-electron chi connectivity index (χ0n) is 7.72. The van der Waals surface area contributed by atoms with Gasteiger partial charge in [0.25, 0.3) is 0 Å². The monoisotopic (exact) mass is 205 g/mol. The summed E-state index contributed by atoms with van der Waals surface area (Å²) >= 11 is 1.71. The van der Waals surface area contributed by atoms with Crippen LogP contribution in [0, 0.1) is 0 Å². The molecule has 72 valence electrons. The Morgan fingerprint density at radius 1 is 1.29 bits per heavy atom. The van der Waals surface area contributed by atoms with Crippen molar-refractivity contribution in [2.24, 2.45) is 0 Å². The number of hydrogen-bond donors (Lipinski definition) is 0. The van der Waals surface area contributed by atoms with E-state index < -0.39 is 0 Å². The number of nitrogens with zero attached hydrogens (tertiary/aromatic N) is 1. The largest absolute Gasteiger partial charge is 0.317 e. The number of carbonyl (C=O) groups is 1. The molecule has 0 atom stereocenters. The van der Waals surface area contributed by atoms with Crippen LogP contribution in [-0.4, -0.2) is 11.3 Å². The van der Waals surface area contributed by atoms with E-state index in [1.54, 1.807) is 16.7 Å². The second-order valence-electron chi connectivity index (χ2n) is 3.14. The van der Waals surface area contributed by atoms with Crippen LogP contribution in [0.15, 0.2) is 35.9 Å². The Hall–Kier alpha value is -1.22. The Bertz CT molecular complexity index is 362. The van der Waals surface area contributed by atoms with E-state index in [1.807, 2.05) is 23.7 Å². The maximum absolute atomic E-state index is 10.7. The molecule has 0 saturated carbocycles. The summed E-state index contributed by atoms with van der Waals surface area (Å²) in [5.74, 6) is 0.985. The van der Waals surface area contributed by atoms with Crippen molar-refractivity contribution in [2.45, 2.75) is 12.3 Å². The molecule has 2 nitrogen and oxygen atoms in total. The molecule has 1 heterocycles. The van der Waals surface area contributed by atoms with Crippen LogP contribution in [0.5, 0.6) is 0 Å². The number of carbonyl (C=O) groups excluding carboxylic acids is 1. The van der Waals surface area contributed by atoms with Crippen molar-refractivity contribution in [1.29, 1.82) is 0 Å². The molecule has 14 heavy (non-hydrogen) atoms. The molecule has 2 rings (SSSR count). The molecule has 1 amide bonds. The molecular weight excluding hydrogens is 194 g/mol. The average Bonchev–Trinajstić information content (AvgIpc) is 2.19. The summed E-state index contributed by atoms with van der Waals surface area (Å²) in [7, 11) is 0. The zero-order chi connectivity index (χ0) is 9.80. The smallest absolute Gasteiger partial charge is 0.213 e. The third-order valence-corrected chi connectivity index (χ3v) is 2.99. The minimum Gasteiger partial charge on any atom is -0.317 e. The Kier molecular flexibility index (Phi) is 2.89. The van der Waals surface area contributed by atoms with Gasteiger partial charge >= 0.3 is 0 Å². The van der Waals surface area contributed by atoms with Crippen LogP contribution < -0.4 is 0 Å². The van der Waals surface area contributed by atoms with Crippen LogP contribution in [0.3, 0.4) is 0 Å². The van der Waals surface area contributed by atoms with Gasteiger partial charge in [-0.1, -0.05) is 24.3 Å².